The Kier molecular flexibility index (Phi) is 2.08. The van der Waals surface area contributed by atoms with Gasteiger partial charge in [0.1, 0.15) is 5.84 Å². The van der Waals surface area contributed by atoms with Crippen molar-refractivity contribution in [3.8, 4) is 0 Å². The molecule has 1 atom stereocenters. The monoisotopic (exact) mass is 152 g/mol. The molecule has 0 saturated carbocycles. The first-order chi connectivity index (χ1) is 5.15. The first kappa shape index (κ1) is 7.98. The van der Waals surface area contributed by atoms with Gasteiger partial charge < -0.3 is 5.32 Å². The number of allylic oxidation sites excluding steroid dienone is 2. The molecule has 60 valence electrons. The van der Waals surface area contributed by atoms with E-state index in [1.54, 1.807) is 13.1 Å². The highest BCUT2D eigenvalue weighted by molar-refractivity contribution is 6.09. The summed E-state index contributed by atoms with van der Waals surface area (Å²) in [6.45, 7) is 1.92. The highest BCUT2D eigenvalue weighted by Crippen LogP contribution is 2.21. The van der Waals surface area contributed by atoms with Gasteiger partial charge in [-0.15, -0.1) is 0 Å². The van der Waals surface area contributed by atoms with Gasteiger partial charge in [-0.25, -0.2) is 0 Å². The smallest absolute Gasteiger partial charge is 0.166 e. The lowest BCUT2D eigenvalue weighted by Gasteiger charge is -2.08. The van der Waals surface area contributed by atoms with Crippen LogP contribution >= 0.6 is 0 Å². The average molecular weight is 152 g/mol. The number of hydrogen-bond acceptors (Lipinski definition) is 2. The van der Waals surface area contributed by atoms with Gasteiger partial charge in [0, 0.05) is 7.05 Å². The summed E-state index contributed by atoms with van der Waals surface area (Å²) >= 11 is 0. The van der Waals surface area contributed by atoms with Gasteiger partial charge in [0.15, 0.2) is 5.78 Å². The Morgan fingerprint density at radius 1 is 1.82 bits per heavy atom. The van der Waals surface area contributed by atoms with Gasteiger partial charge in [-0.1, -0.05) is 5.57 Å². The first-order valence-corrected chi connectivity index (χ1v) is 3.62. The number of carbonyl (C=O) groups is 1. The summed E-state index contributed by atoms with van der Waals surface area (Å²) in [6.07, 6.45) is 2.33. The summed E-state index contributed by atoms with van der Waals surface area (Å²) in [5.74, 6) is 0.143. The predicted octanol–water partition coefficient (Wildman–Crippen LogP) is 0.718. The fourth-order valence-electron chi connectivity index (χ4n) is 1.24. The van der Waals surface area contributed by atoms with Crippen molar-refractivity contribution in [1.29, 1.82) is 5.41 Å². The molecule has 0 aromatic rings. The SMILES string of the molecule is CNC(=N)C1CC(C)=CC1=O. The Labute approximate surface area is 66.0 Å². The highest BCUT2D eigenvalue weighted by Gasteiger charge is 2.26. The van der Waals surface area contributed by atoms with Crippen molar-refractivity contribution in [2.45, 2.75) is 13.3 Å². The topological polar surface area (TPSA) is 53.0 Å². The Morgan fingerprint density at radius 3 is 2.82 bits per heavy atom. The van der Waals surface area contributed by atoms with Gasteiger partial charge in [0.2, 0.25) is 0 Å². The van der Waals surface area contributed by atoms with Crippen LogP contribution in [-0.4, -0.2) is 18.7 Å². The van der Waals surface area contributed by atoms with E-state index < -0.39 is 0 Å². The standard InChI is InChI=1S/C8H12N2O/c1-5-3-6(7(11)4-5)8(9)10-2/h4,6H,3H2,1-2H3,(H2,9,10). The zero-order valence-corrected chi connectivity index (χ0v) is 6.77. The third-order valence-corrected chi connectivity index (χ3v) is 1.88. The van der Waals surface area contributed by atoms with E-state index in [0.717, 1.165) is 5.57 Å². The minimum Gasteiger partial charge on any atom is -0.376 e. The zero-order valence-electron chi connectivity index (χ0n) is 6.77. The van der Waals surface area contributed by atoms with E-state index in [9.17, 15) is 4.79 Å². The Hall–Kier alpha value is -1.12. The normalized spacial score (nSPS) is 23.3. The van der Waals surface area contributed by atoms with Crippen LogP contribution in [0.3, 0.4) is 0 Å². The fourth-order valence-corrected chi connectivity index (χ4v) is 1.24. The Balaban J connectivity index is 2.67. The van der Waals surface area contributed by atoms with E-state index in [2.05, 4.69) is 5.32 Å². The maximum atomic E-state index is 11.1. The van der Waals surface area contributed by atoms with Crippen LogP contribution in [0.1, 0.15) is 13.3 Å². The molecule has 0 aliphatic heterocycles. The van der Waals surface area contributed by atoms with Gasteiger partial charge in [0.05, 0.1) is 5.92 Å². The van der Waals surface area contributed by atoms with Crippen LogP contribution in [0, 0.1) is 11.3 Å². The number of carbonyl (C=O) groups excluding carboxylic acids is 1. The molecular formula is C8H12N2O. The van der Waals surface area contributed by atoms with Crippen molar-refractivity contribution in [3.05, 3.63) is 11.6 Å². The lowest BCUT2D eigenvalue weighted by molar-refractivity contribution is -0.115. The van der Waals surface area contributed by atoms with E-state index in [1.165, 1.54) is 0 Å². The van der Waals surface area contributed by atoms with Crippen molar-refractivity contribution in [2.75, 3.05) is 7.05 Å². The van der Waals surface area contributed by atoms with Crippen molar-refractivity contribution >= 4 is 11.6 Å². The molecule has 0 heterocycles. The Morgan fingerprint density at radius 2 is 2.45 bits per heavy atom. The molecule has 0 aromatic carbocycles. The maximum absolute atomic E-state index is 11.1. The first-order valence-electron chi connectivity index (χ1n) is 3.62. The van der Waals surface area contributed by atoms with E-state index in [4.69, 9.17) is 5.41 Å². The Bertz CT molecular complexity index is 230. The molecule has 0 aromatic heterocycles. The van der Waals surface area contributed by atoms with Crippen molar-refractivity contribution in [3.63, 3.8) is 0 Å². The summed E-state index contributed by atoms with van der Waals surface area (Å²) < 4.78 is 0. The fraction of sp³-hybridized carbons (Fsp3) is 0.500. The largest absolute Gasteiger partial charge is 0.376 e. The van der Waals surface area contributed by atoms with Gasteiger partial charge in [0.25, 0.3) is 0 Å². The molecule has 3 nitrogen and oxygen atoms in total. The number of rotatable bonds is 1. The van der Waals surface area contributed by atoms with Crippen molar-refractivity contribution in [1.82, 2.24) is 5.32 Å². The van der Waals surface area contributed by atoms with Gasteiger partial charge in [-0.3, -0.25) is 10.2 Å². The molecule has 2 N–H and O–H groups in total. The second-order valence-corrected chi connectivity index (χ2v) is 2.81. The van der Waals surface area contributed by atoms with Crippen molar-refractivity contribution in [2.24, 2.45) is 5.92 Å². The van der Waals surface area contributed by atoms with E-state index in [0.29, 0.717) is 12.3 Å². The lowest BCUT2D eigenvalue weighted by atomic mass is 10.0. The molecule has 11 heavy (non-hydrogen) atoms. The lowest BCUT2D eigenvalue weighted by Crippen LogP contribution is -2.29. The van der Waals surface area contributed by atoms with Gasteiger partial charge >= 0.3 is 0 Å². The molecule has 1 rings (SSSR count). The predicted molar refractivity (Wildman–Crippen MR) is 43.7 cm³/mol. The van der Waals surface area contributed by atoms with Crippen molar-refractivity contribution < 1.29 is 4.79 Å². The van der Waals surface area contributed by atoms with Crippen LogP contribution in [-0.2, 0) is 4.79 Å². The zero-order chi connectivity index (χ0) is 8.43. The molecule has 1 unspecified atom stereocenters. The summed E-state index contributed by atoms with van der Waals surface area (Å²) in [4.78, 5) is 11.1. The quantitative estimate of drug-likeness (QED) is 0.429. The van der Waals surface area contributed by atoms with Crippen LogP contribution in [0.25, 0.3) is 0 Å². The number of nitrogens with one attached hydrogen (secondary N) is 2. The van der Waals surface area contributed by atoms with Gasteiger partial charge in [-0.05, 0) is 19.4 Å². The minimum absolute atomic E-state index is 0.0573. The summed E-state index contributed by atoms with van der Waals surface area (Å²) in [5, 5.41) is 10.1. The molecule has 0 amide bonds. The van der Waals surface area contributed by atoms with E-state index in [1.807, 2.05) is 6.92 Å². The van der Waals surface area contributed by atoms with Gasteiger partial charge in [-0.2, -0.15) is 0 Å². The molecule has 3 heteroatoms. The number of ketones is 1. The number of amidine groups is 1. The number of hydrogen-bond donors (Lipinski definition) is 2. The molecule has 1 aliphatic carbocycles. The molecule has 0 saturated heterocycles. The third kappa shape index (κ3) is 1.48. The molecule has 0 bridgehead atoms. The molecule has 0 radical (unpaired) electrons. The molecule has 0 fully saturated rings. The van der Waals surface area contributed by atoms with Crippen LogP contribution in [0.4, 0.5) is 0 Å². The van der Waals surface area contributed by atoms with Crippen LogP contribution in [0.15, 0.2) is 11.6 Å². The summed E-state index contributed by atoms with van der Waals surface area (Å²) in [7, 11) is 1.67. The highest BCUT2D eigenvalue weighted by atomic mass is 16.1. The molecule has 1 aliphatic rings. The van der Waals surface area contributed by atoms with Crippen LogP contribution in [0.5, 0.6) is 0 Å². The van der Waals surface area contributed by atoms with Crippen LogP contribution < -0.4 is 5.32 Å². The average Bonchev–Trinajstić information content (AvgIpc) is 2.28. The molecular weight excluding hydrogens is 140 g/mol. The van der Waals surface area contributed by atoms with Crippen LogP contribution in [0.2, 0.25) is 0 Å². The second kappa shape index (κ2) is 2.86. The van der Waals surface area contributed by atoms with E-state index >= 15 is 0 Å². The summed E-state index contributed by atoms with van der Waals surface area (Å²) in [6, 6.07) is 0. The second-order valence-electron chi connectivity index (χ2n) is 2.81. The van der Waals surface area contributed by atoms with E-state index in [-0.39, 0.29) is 11.7 Å². The summed E-state index contributed by atoms with van der Waals surface area (Å²) in [5.41, 5.74) is 1.07. The minimum atomic E-state index is -0.236. The maximum Gasteiger partial charge on any atom is 0.166 e. The third-order valence-electron chi connectivity index (χ3n) is 1.88. The molecule has 0 spiro atoms.